The van der Waals surface area contributed by atoms with E-state index in [1.165, 1.54) is 18.2 Å². The molecule has 2 heterocycles. The van der Waals surface area contributed by atoms with Gasteiger partial charge in [-0.25, -0.2) is 9.89 Å². The van der Waals surface area contributed by atoms with Crippen LogP contribution in [0.4, 0.5) is 10.5 Å². The van der Waals surface area contributed by atoms with Crippen LogP contribution in [0.1, 0.15) is 24.0 Å². The summed E-state index contributed by atoms with van der Waals surface area (Å²) in [7, 11) is 0. The van der Waals surface area contributed by atoms with Crippen LogP contribution in [0.2, 0.25) is 10.0 Å². The molecule has 1 aromatic heterocycles. The summed E-state index contributed by atoms with van der Waals surface area (Å²) in [5.41, 5.74) is 7.28. The monoisotopic (exact) mass is 484 g/mol. The highest BCUT2D eigenvalue weighted by Crippen LogP contribution is 2.40. The number of rotatable bonds is 5. The lowest BCUT2D eigenvalue weighted by Crippen LogP contribution is -2.45. The predicted molar refractivity (Wildman–Crippen MR) is 127 cm³/mol. The summed E-state index contributed by atoms with van der Waals surface area (Å²) < 4.78 is 5.79. The molecule has 11 heteroatoms. The van der Waals surface area contributed by atoms with Crippen molar-refractivity contribution in [2.24, 2.45) is 10.8 Å². The van der Waals surface area contributed by atoms with Crippen LogP contribution in [0.25, 0.3) is 0 Å². The van der Waals surface area contributed by atoms with E-state index in [1.54, 1.807) is 0 Å². The number of hydrogen-bond donors (Lipinski definition) is 3. The van der Waals surface area contributed by atoms with Gasteiger partial charge in [0.2, 0.25) is 5.88 Å². The van der Waals surface area contributed by atoms with Gasteiger partial charge in [0.25, 0.3) is 5.56 Å². The smallest absolute Gasteiger partial charge is 0.347 e. The van der Waals surface area contributed by atoms with Gasteiger partial charge in [-0.2, -0.15) is 5.01 Å². The normalized spacial score (nSPS) is 14.5. The van der Waals surface area contributed by atoms with E-state index in [0.29, 0.717) is 5.56 Å². The maximum atomic E-state index is 12.4. The lowest BCUT2D eigenvalue weighted by atomic mass is 9.95. The third kappa shape index (κ3) is 4.55. The van der Waals surface area contributed by atoms with Crippen molar-refractivity contribution in [1.29, 1.82) is 0 Å². The minimum atomic E-state index is -0.572. The molecule has 4 rings (SSSR count). The van der Waals surface area contributed by atoms with Crippen molar-refractivity contribution in [3.05, 3.63) is 92.3 Å². The third-order valence-electron chi connectivity index (χ3n) is 4.98. The van der Waals surface area contributed by atoms with Gasteiger partial charge in [0.05, 0.1) is 21.4 Å². The van der Waals surface area contributed by atoms with Gasteiger partial charge in [-0.1, -0.05) is 67.0 Å². The summed E-state index contributed by atoms with van der Waals surface area (Å²) in [6.45, 7) is 5.50. The number of aromatic amines is 1. The van der Waals surface area contributed by atoms with Gasteiger partial charge in [0, 0.05) is 17.5 Å². The van der Waals surface area contributed by atoms with E-state index in [-0.39, 0.29) is 50.4 Å². The summed E-state index contributed by atoms with van der Waals surface area (Å²) >= 11 is 12.8. The Bertz CT molecular complexity index is 1320. The number of carbonyl (C=O) groups is 1. The number of hydrogen-bond acceptors (Lipinski definition) is 6. The van der Waals surface area contributed by atoms with E-state index in [2.05, 4.69) is 27.2 Å². The first-order valence-electron chi connectivity index (χ1n) is 9.70. The molecule has 168 valence electrons. The topological polar surface area (TPSA) is 126 Å². The lowest BCUT2D eigenvalue weighted by molar-refractivity contribution is 0.248. The molecule has 0 saturated carbocycles. The number of aromatic nitrogens is 2. The van der Waals surface area contributed by atoms with Crippen molar-refractivity contribution in [2.45, 2.75) is 12.8 Å². The molecule has 1 aliphatic heterocycles. The molecule has 0 aliphatic carbocycles. The fraction of sp³-hybridized carbons (Fsp3) is 0.0909. The minimum absolute atomic E-state index is 0.0414. The number of hydrazone groups is 1. The Kier molecular flexibility index (Phi) is 6.08. The first-order valence-corrected chi connectivity index (χ1v) is 10.5. The molecule has 0 fully saturated rings. The zero-order valence-electron chi connectivity index (χ0n) is 17.3. The number of amides is 2. The second-order valence-electron chi connectivity index (χ2n) is 7.17. The molecule has 0 saturated heterocycles. The number of ether oxygens (including phenoxy) is 1. The first-order chi connectivity index (χ1) is 15.7. The van der Waals surface area contributed by atoms with Gasteiger partial charge in [0.1, 0.15) is 0 Å². The van der Waals surface area contributed by atoms with Crippen molar-refractivity contribution in [3.8, 4) is 11.6 Å². The largest absolute Gasteiger partial charge is 0.434 e. The molecule has 4 N–H and O–H groups in total. The van der Waals surface area contributed by atoms with Crippen LogP contribution < -0.4 is 26.4 Å². The number of halogens is 2. The second-order valence-corrected chi connectivity index (χ2v) is 7.98. The molecule has 0 bridgehead atoms. The predicted octanol–water partition coefficient (Wildman–Crippen LogP) is 4.34. The van der Waals surface area contributed by atoms with Gasteiger partial charge in [-0.3, -0.25) is 4.79 Å². The van der Waals surface area contributed by atoms with Crippen LogP contribution in [0.3, 0.4) is 0 Å². The minimum Gasteiger partial charge on any atom is -0.434 e. The molecule has 1 atom stereocenters. The number of urea groups is 1. The van der Waals surface area contributed by atoms with E-state index in [0.717, 1.165) is 10.6 Å². The zero-order valence-corrected chi connectivity index (χ0v) is 18.8. The number of carbonyl (C=O) groups excluding carboxylic acids is 1. The standard InChI is InChI=1S/C22H18Cl2N6O3/c1-11(13-6-4-3-5-7-13)15-10-18(27-28-21(15)31)33-19-16(23)8-14(9-17(19)24)30-22(32)26-12(2)20(25)29-30/h3-11H,2H2,1H3,(H2,25,29)(H,26,32)(H,28,31)/t11-/m0/s1. The van der Waals surface area contributed by atoms with Crippen LogP contribution in [-0.2, 0) is 0 Å². The van der Waals surface area contributed by atoms with Crippen molar-refractivity contribution in [2.75, 3.05) is 5.01 Å². The number of nitrogens with zero attached hydrogens (tertiary/aromatic N) is 3. The third-order valence-corrected chi connectivity index (χ3v) is 5.54. The average molecular weight is 485 g/mol. The molecule has 0 unspecified atom stereocenters. The first kappa shape index (κ1) is 22.4. The number of nitrogens with two attached hydrogens (primary N) is 1. The van der Waals surface area contributed by atoms with Gasteiger partial charge >= 0.3 is 6.03 Å². The highest BCUT2D eigenvalue weighted by Gasteiger charge is 2.25. The molecule has 2 amide bonds. The van der Waals surface area contributed by atoms with E-state index in [4.69, 9.17) is 33.7 Å². The Morgan fingerprint density at radius 2 is 1.79 bits per heavy atom. The molecule has 33 heavy (non-hydrogen) atoms. The van der Waals surface area contributed by atoms with E-state index in [1.807, 2.05) is 37.3 Å². The molecule has 9 nitrogen and oxygen atoms in total. The number of amidine groups is 1. The van der Waals surface area contributed by atoms with Crippen molar-refractivity contribution < 1.29 is 9.53 Å². The average Bonchev–Trinajstić information content (AvgIpc) is 2.79. The number of H-pyrrole nitrogens is 1. The van der Waals surface area contributed by atoms with Crippen LogP contribution in [0.5, 0.6) is 11.6 Å². The van der Waals surface area contributed by atoms with E-state index in [9.17, 15) is 9.59 Å². The lowest BCUT2D eigenvalue weighted by Gasteiger charge is -2.24. The van der Waals surface area contributed by atoms with Crippen LogP contribution in [0, 0.1) is 0 Å². The van der Waals surface area contributed by atoms with E-state index < -0.39 is 6.03 Å². The molecule has 0 radical (unpaired) electrons. The molecule has 0 spiro atoms. The summed E-state index contributed by atoms with van der Waals surface area (Å²) in [6.07, 6.45) is 0. The van der Waals surface area contributed by atoms with Gasteiger partial charge in [-0.05, 0) is 17.7 Å². The van der Waals surface area contributed by atoms with Gasteiger partial charge < -0.3 is 15.8 Å². The van der Waals surface area contributed by atoms with Crippen LogP contribution in [-0.4, -0.2) is 22.1 Å². The van der Waals surface area contributed by atoms with E-state index >= 15 is 0 Å². The van der Waals surface area contributed by atoms with Gasteiger partial charge in [0.15, 0.2) is 11.6 Å². The summed E-state index contributed by atoms with van der Waals surface area (Å²) in [5, 5.41) is 14.0. The van der Waals surface area contributed by atoms with Crippen molar-refractivity contribution in [1.82, 2.24) is 15.5 Å². The molecular weight excluding hydrogens is 467 g/mol. The Hall–Kier alpha value is -3.82. The molecule has 3 aromatic rings. The van der Waals surface area contributed by atoms with Crippen LogP contribution >= 0.6 is 23.2 Å². The van der Waals surface area contributed by atoms with Crippen molar-refractivity contribution in [3.63, 3.8) is 0 Å². The Balaban J connectivity index is 1.65. The molecule has 1 aliphatic rings. The van der Waals surface area contributed by atoms with Gasteiger partial charge in [-0.15, -0.1) is 10.2 Å². The highest BCUT2D eigenvalue weighted by atomic mass is 35.5. The summed E-state index contributed by atoms with van der Waals surface area (Å²) in [5.74, 6) is 0.0286. The fourth-order valence-electron chi connectivity index (χ4n) is 3.20. The summed E-state index contributed by atoms with van der Waals surface area (Å²) in [4.78, 5) is 24.6. The maximum Gasteiger partial charge on any atom is 0.347 e. The number of nitrogens with one attached hydrogen (secondary N) is 2. The fourth-order valence-corrected chi connectivity index (χ4v) is 3.75. The molecular formula is C22H18Cl2N6O3. The van der Waals surface area contributed by atoms with Crippen LogP contribution in [0.15, 0.2) is 70.7 Å². The number of anilines is 1. The Morgan fingerprint density at radius 1 is 1.12 bits per heavy atom. The quantitative estimate of drug-likeness (QED) is 0.496. The maximum absolute atomic E-state index is 12.4. The Labute approximate surface area is 198 Å². The SMILES string of the molecule is C=C1NC(=O)N(c2cc(Cl)c(Oc3cc([C@@H](C)c4ccccc4)c(=O)[nH]n3)c(Cl)c2)N=C1N. The molecule has 2 aromatic carbocycles. The van der Waals surface area contributed by atoms with Crippen molar-refractivity contribution >= 4 is 40.8 Å². The number of benzene rings is 2. The summed E-state index contributed by atoms with van der Waals surface area (Å²) in [6, 6.07) is 13.4. The highest BCUT2D eigenvalue weighted by molar-refractivity contribution is 6.37. The Morgan fingerprint density at radius 3 is 2.45 bits per heavy atom. The zero-order chi connectivity index (χ0) is 23.7. The second kappa shape index (κ2) is 8.97.